The number of imidazole rings is 1. The number of aryl methyl sites for hydroxylation is 1. The van der Waals surface area contributed by atoms with Crippen molar-refractivity contribution in [1.29, 1.82) is 0 Å². The van der Waals surface area contributed by atoms with E-state index in [1.54, 1.807) is 17.8 Å². The molecule has 0 unspecified atom stereocenters. The first-order valence-electron chi connectivity index (χ1n) is 9.14. The van der Waals surface area contributed by atoms with E-state index in [9.17, 15) is 13.2 Å². The number of fused-ring (bicyclic) bond motifs is 1. The van der Waals surface area contributed by atoms with Crippen LogP contribution in [0.2, 0.25) is 0 Å². The highest BCUT2D eigenvalue weighted by Crippen LogP contribution is 2.27. The molecule has 0 atom stereocenters. The number of carbonyl (C=O) groups is 1. The van der Waals surface area contributed by atoms with E-state index < -0.39 is 10.0 Å². The number of rotatable bonds is 9. The predicted octanol–water partition coefficient (Wildman–Crippen LogP) is 3.85. The molecule has 0 amide bonds. The highest BCUT2D eigenvalue weighted by molar-refractivity contribution is 7.99. The van der Waals surface area contributed by atoms with Gasteiger partial charge in [0.1, 0.15) is 0 Å². The largest absolute Gasteiger partial charge is 0.319 e. The number of primary sulfonamides is 1. The summed E-state index contributed by atoms with van der Waals surface area (Å²) in [5.41, 5.74) is 2.24. The van der Waals surface area contributed by atoms with Gasteiger partial charge in [-0.15, -0.1) is 0 Å². The van der Waals surface area contributed by atoms with E-state index >= 15 is 0 Å². The first-order valence-corrected chi connectivity index (χ1v) is 11.7. The Kier molecular flexibility index (Phi) is 6.53. The van der Waals surface area contributed by atoms with E-state index in [0.29, 0.717) is 11.9 Å². The molecule has 148 valence electrons. The Morgan fingerprint density at radius 2 is 1.93 bits per heavy atom. The molecular formula is C20H23N3O3S2. The van der Waals surface area contributed by atoms with Gasteiger partial charge in [0.05, 0.1) is 15.9 Å². The minimum absolute atomic E-state index is 0.0613. The second-order valence-electron chi connectivity index (χ2n) is 6.48. The number of benzene rings is 2. The van der Waals surface area contributed by atoms with Crippen LogP contribution in [0.25, 0.3) is 11.0 Å². The van der Waals surface area contributed by atoms with Crippen molar-refractivity contribution >= 4 is 38.6 Å². The van der Waals surface area contributed by atoms with Gasteiger partial charge in [-0.25, -0.2) is 18.5 Å². The Labute approximate surface area is 169 Å². The topological polar surface area (TPSA) is 95.0 Å². The fourth-order valence-corrected chi connectivity index (χ4v) is 4.49. The Balaban J connectivity index is 1.71. The summed E-state index contributed by atoms with van der Waals surface area (Å²) < 4.78 is 25.3. The summed E-state index contributed by atoms with van der Waals surface area (Å²) in [6.45, 7) is 2.87. The van der Waals surface area contributed by atoms with Gasteiger partial charge in [-0.2, -0.15) is 0 Å². The van der Waals surface area contributed by atoms with Crippen LogP contribution >= 0.6 is 11.8 Å². The van der Waals surface area contributed by atoms with Crippen LogP contribution in [0.1, 0.15) is 36.5 Å². The lowest BCUT2D eigenvalue weighted by Crippen LogP contribution is -2.11. The minimum Gasteiger partial charge on any atom is -0.319 e. The molecule has 0 saturated carbocycles. The molecule has 0 fully saturated rings. The molecule has 0 aliphatic rings. The molecule has 1 aromatic heterocycles. The molecule has 0 aliphatic heterocycles. The highest BCUT2D eigenvalue weighted by atomic mass is 32.2. The van der Waals surface area contributed by atoms with E-state index in [-0.39, 0.29) is 10.7 Å². The minimum atomic E-state index is -3.76. The lowest BCUT2D eigenvalue weighted by molar-refractivity contribution is 0.0982. The zero-order chi connectivity index (χ0) is 20.1. The smallest absolute Gasteiger partial charge is 0.238 e. The third-order valence-corrected chi connectivity index (χ3v) is 6.31. The number of hydrogen-bond acceptors (Lipinski definition) is 5. The van der Waals surface area contributed by atoms with Gasteiger partial charge < -0.3 is 4.57 Å². The number of Topliss-reactive ketones (excluding diaryl/α,β-unsaturated/α-hetero) is 1. The number of sulfonamides is 1. The van der Waals surface area contributed by atoms with Gasteiger partial charge in [0.2, 0.25) is 10.0 Å². The van der Waals surface area contributed by atoms with Crippen molar-refractivity contribution in [2.75, 3.05) is 5.75 Å². The first-order chi connectivity index (χ1) is 13.4. The number of hydrogen-bond donors (Lipinski definition) is 1. The van der Waals surface area contributed by atoms with Crippen molar-refractivity contribution < 1.29 is 13.2 Å². The standard InChI is InChI=1S/C20H23N3O3S2/c1-2-12-23-18-11-10-16(28(21,25)26)14-17(18)22-20(23)27-13-6-9-19(24)15-7-4-3-5-8-15/h3-5,7-8,10-11,14H,2,6,9,12-13H2,1H3,(H2,21,25,26). The van der Waals surface area contributed by atoms with Crippen molar-refractivity contribution in [1.82, 2.24) is 9.55 Å². The van der Waals surface area contributed by atoms with Gasteiger partial charge in [0.15, 0.2) is 10.9 Å². The van der Waals surface area contributed by atoms with Crippen LogP contribution in [0.15, 0.2) is 58.6 Å². The molecule has 28 heavy (non-hydrogen) atoms. The number of carbonyl (C=O) groups excluding carboxylic acids is 1. The van der Waals surface area contributed by atoms with Crippen LogP contribution in [0.5, 0.6) is 0 Å². The van der Waals surface area contributed by atoms with Gasteiger partial charge in [-0.05, 0) is 31.0 Å². The van der Waals surface area contributed by atoms with E-state index in [1.807, 2.05) is 30.3 Å². The zero-order valence-corrected chi connectivity index (χ0v) is 17.3. The molecule has 2 aromatic carbocycles. The molecule has 0 aliphatic carbocycles. The summed E-state index contributed by atoms with van der Waals surface area (Å²) in [5, 5.41) is 6.06. The summed E-state index contributed by atoms with van der Waals surface area (Å²) in [7, 11) is -3.76. The summed E-state index contributed by atoms with van der Waals surface area (Å²) in [4.78, 5) is 16.9. The molecule has 6 nitrogen and oxygen atoms in total. The lowest BCUT2D eigenvalue weighted by Gasteiger charge is -2.07. The van der Waals surface area contributed by atoms with Crippen molar-refractivity contribution in [2.45, 2.75) is 42.8 Å². The normalized spacial score (nSPS) is 11.8. The Morgan fingerprint density at radius 1 is 1.18 bits per heavy atom. The molecule has 0 bridgehead atoms. The zero-order valence-electron chi connectivity index (χ0n) is 15.7. The molecule has 1 heterocycles. The molecule has 0 spiro atoms. The van der Waals surface area contributed by atoms with Gasteiger partial charge in [0, 0.05) is 24.3 Å². The van der Waals surface area contributed by atoms with Gasteiger partial charge >= 0.3 is 0 Å². The second-order valence-corrected chi connectivity index (χ2v) is 9.11. The maximum atomic E-state index is 12.2. The SMILES string of the molecule is CCCn1c(SCCCC(=O)c2ccccc2)nc2cc(S(N)(=O)=O)ccc21. The number of ketones is 1. The van der Waals surface area contributed by atoms with Crippen LogP contribution in [0, 0.1) is 0 Å². The fraction of sp³-hybridized carbons (Fsp3) is 0.300. The summed E-state index contributed by atoms with van der Waals surface area (Å²) in [6.07, 6.45) is 2.17. The molecule has 8 heteroatoms. The van der Waals surface area contributed by atoms with E-state index in [2.05, 4.69) is 16.5 Å². The molecular weight excluding hydrogens is 394 g/mol. The van der Waals surface area contributed by atoms with E-state index in [0.717, 1.165) is 41.4 Å². The van der Waals surface area contributed by atoms with Crippen molar-refractivity contribution in [3.63, 3.8) is 0 Å². The van der Waals surface area contributed by atoms with Crippen LogP contribution in [0.3, 0.4) is 0 Å². The fourth-order valence-electron chi connectivity index (χ4n) is 2.98. The number of thioether (sulfide) groups is 1. The summed E-state index contributed by atoms with van der Waals surface area (Å²) in [6, 6.07) is 14.1. The van der Waals surface area contributed by atoms with Crippen LogP contribution in [-0.2, 0) is 16.6 Å². The molecule has 2 N–H and O–H groups in total. The van der Waals surface area contributed by atoms with Gasteiger partial charge in [0.25, 0.3) is 0 Å². The molecule has 3 rings (SSSR count). The van der Waals surface area contributed by atoms with Crippen molar-refractivity contribution in [3.05, 3.63) is 54.1 Å². The number of nitrogens with two attached hydrogens (primary N) is 1. The Bertz CT molecular complexity index is 1080. The van der Waals surface area contributed by atoms with Crippen LogP contribution in [0.4, 0.5) is 0 Å². The quantitative estimate of drug-likeness (QED) is 0.324. The Morgan fingerprint density at radius 3 is 2.61 bits per heavy atom. The van der Waals surface area contributed by atoms with Crippen LogP contribution in [-0.4, -0.2) is 29.5 Å². The molecule has 0 saturated heterocycles. The molecule has 3 aromatic rings. The maximum Gasteiger partial charge on any atom is 0.238 e. The van der Waals surface area contributed by atoms with Crippen molar-refractivity contribution in [2.24, 2.45) is 5.14 Å². The van der Waals surface area contributed by atoms with E-state index in [1.165, 1.54) is 12.1 Å². The third-order valence-electron chi connectivity index (χ3n) is 4.34. The molecule has 0 radical (unpaired) electrons. The summed E-state index contributed by atoms with van der Waals surface area (Å²) >= 11 is 1.58. The summed E-state index contributed by atoms with van der Waals surface area (Å²) in [5.74, 6) is 0.897. The van der Waals surface area contributed by atoms with Gasteiger partial charge in [-0.3, -0.25) is 4.79 Å². The lowest BCUT2D eigenvalue weighted by atomic mass is 10.1. The first kappa shape index (κ1) is 20.6. The highest BCUT2D eigenvalue weighted by Gasteiger charge is 2.15. The number of aromatic nitrogens is 2. The third kappa shape index (κ3) is 4.81. The van der Waals surface area contributed by atoms with Gasteiger partial charge in [-0.1, -0.05) is 49.0 Å². The number of nitrogens with zero attached hydrogens (tertiary/aromatic N) is 2. The predicted molar refractivity (Wildman–Crippen MR) is 112 cm³/mol. The average molecular weight is 418 g/mol. The monoisotopic (exact) mass is 417 g/mol. The Hall–Kier alpha value is -2.16. The van der Waals surface area contributed by atoms with E-state index in [4.69, 9.17) is 5.14 Å². The average Bonchev–Trinajstić information content (AvgIpc) is 3.02. The maximum absolute atomic E-state index is 12.2. The second kappa shape index (κ2) is 8.89. The van der Waals surface area contributed by atoms with Crippen molar-refractivity contribution in [3.8, 4) is 0 Å². The van der Waals surface area contributed by atoms with Crippen LogP contribution < -0.4 is 5.14 Å².